The van der Waals surface area contributed by atoms with Gasteiger partial charge < -0.3 is 14.2 Å². The number of aryl methyl sites for hydroxylation is 1. The summed E-state index contributed by atoms with van der Waals surface area (Å²) in [6, 6.07) is 17.5. The van der Waals surface area contributed by atoms with Gasteiger partial charge in [-0.2, -0.15) is 0 Å². The van der Waals surface area contributed by atoms with Crippen LogP contribution in [0.3, 0.4) is 0 Å². The molecule has 4 rings (SSSR count). The van der Waals surface area contributed by atoms with Crippen molar-refractivity contribution in [1.29, 1.82) is 0 Å². The van der Waals surface area contributed by atoms with E-state index in [0.717, 1.165) is 34.2 Å². The number of amides is 2. The summed E-state index contributed by atoms with van der Waals surface area (Å²) >= 11 is 0.906. The Hall–Kier alpha value is -3.78. The van der Waals surface area contributed by atoms with Gasteiger partial charge in [0.1, 0.15) is 24.8 Å². The van der Waals surface area contributed by atoms with E-state index in [9.17, 15) is 14.0 Å². The molecule has 0 bridgehead atoms. The summed E-state index contributed by atoms with van der Waals surface area (Å²) < 4.78 is 30.8. The van der Waals surface area contributed by atoms with Crippen LogP contribution < -0.4 is 14.2 Å². The van der Waals surface area contributed by atoms with Gasteiger partial charge in [-0.15, -0.1) is 0 Å². The molecule has 1 heterocycles. The molecule has 1 aliphatic rings. The van der Waals surface area contributed by atoms with Gasteiger partial charge in [0.05, 0.1) is 18.1 Å². The van der Waals surface area contributed by atoms with Gasteiger partial charge in [-0.05, 0) is 90.2 Å². The molecule has 3 aromatic rings. The number of rotatable bonds is 11. The van der Waals surface area contributed by atoms with Gasteiger partial charge in [-0.1, -0.05) is 44.2 Å². The van der Waals surface area contributed by atoms with Crippen LogP contribution in [0.4, 0.5) is 9.18 Å². The van der Waals surface area contributed by atoms with Crippen molar-refractivity contribution in [2.45, 2.75) is 40.2 Å². The lowest BCUT2D eigenvalue weighted by Gasteiger charge is -2.17. The molecule has 1 aliphatic heterocycles. The Morgan fingerprint density at radius 1 is 0.923 bits per heavy atom. The largest absolute Gasteiger partial charge is 0.491 e. The number of halogens is 1. The third-order valence-electron chi connectivity index (χ3n) is 6.11. The standard InChI is InChI=1S/C31H32FNO5S/c1-5-36-28-17-23(9-13-26(28)38-19-22-7-10-24(32)11-8-22)18-29-30(34)33(31(35)39-29)14-15-37-27-16-21(4)6-12-25(27)20(2)3/h6-13,16-18,20H,5,14-15,19H2,1-4H3/b29-18-. The Morgan fingerprint density at radius 3 is 2.41 bits per heavy atom. The number of benzene rings is 3. The second-order valence-electron chi connectivity index (χ2n) is 9.43. The SMILES string of the molecule is CCOc1cc(/C=C2\SC(=O)N(CCOc3cc(C)ccc3C(C)C)C2=O)ccc1OCc1ccc(F)cc1. The monoisotopic (exact) mass is 549 g/mol. The number of carbonyl (C=O) groups excluding carboxylic acids is 2. The van der Waals surface area contributed by atoms with Crippen molar-refractivity contribution < 1.29 is 28.2 Å². The fourth-order valence-corrected chi connectivity index (χ4v) is 4.94. The molecule has 204 valence electrons. The van der Waals surface area contributed by atoms with Crippen molar-refractivity contribution in [2.24, 2.45) is 0 Å². The zero-order valence-corrected chi connectivity index (χ0v) is 23.3. The highest BCUT2D eigenvalue weighted by Gasteiger charge is 2.35. The average molecular weight is 550 g/mol. The Bertz CT molecular complexity index is 1370. The van der Waals surface area contributed by atoms with Crippen molar-refractivity contribution in [3.63, 3.8) is 0 Å². The molecule has 0 aliphatic carbocycles. The Labute approximate surface area is 232 Å². The molecule has 0 atom stereocenters. The number of imide groups is 1. The first-order chi connectivity index (χ1) is 18.7. The first-order valence-electron chi connectivity index (χ1n) is 12.9. The van der Waals surface area contributed by atoms with Crippen LogP contribution in [0.2, 0.25) is 0 Å². The summed E-state index contributed by atoms with van der Waals surface area (Å²) in [5.41, 5.74) is 3.70. The van der Waals surface area contributed by atoms with Gasteiger partial charge >= 0.3 is 0 Å². The summed E-state index contributed by atoms with van der Waals surface area (Å²) in [5.74, 6) is 1.46. The maximum absolute atomic E-state index is 13.2. The Morgan fingerprint density at radius 2 is 1.69 bits per heavy atom. The number of thioether (sulfide) groups is 1. The van der Waals surface area contributed by atoms with Gasteiger partial charge in [0.15, 0.2) is 11.5 Å². The molecule has 1 fully saturated rings. The summed E-state index contributed by atoms with van der Waals surface area (Å²) in [7, 11) is 0. The van der Waals surface area contributed by atoms with E-state index in [4.69, 9.17) is 14.2 Å². The van der Waals surface area contributed by atoms with E-state index in [0.29, 0.717) is 34.5 Å². The molecular weight excluding hydrogens is 517 g/mol. The van der Waals surface area contributed by atoms with Crippen LogP contribution in [0, 0.1) is 12.7 Å². The molecule has 39 heavy (non-hydrogen) atoms. The maximum Gasteiger partial charge on any atom is 0.293 e. The fraction of sp³-hybridized carbons (Fsp3) is 0.290. The molecule has 2 amide bonds. The third kappa shape index (κ3) is 7.20. The smallest absolute Gasteiger partial charge is 0.293 e. The second kappa shape index (κ2) is 12.8. The lowest BCUT2D eigenvalue weighted by atomic mass is 10.0. The molecule has 3 aromatic carbocycles. The van der Waals surface area contributed by atoms with Gasteiger partial charge in [-0.25, -0.2) is 4.39 Å². The summed E-state index contributed by atoms with van der Waals surface area (Å²) in [4.78, 5) is 27.2. The highest BCUT2D eigenvalue weighted by atomic mass is 32.2. The van der Waals surface area contributed by atoms with E-state index in [1.807, 2.05) is 32.0 Å². The minimum atomic E-state index is -0.350. The van der Waals surface area contributed by atoms with Crippen molar-refractivity contribution >= 4 is 29.0 Å². The van der Waals surface area contributed by atoms with Gasteiger partial charge in [0.2, 0.25) is 0 Å². The lowest BCUT2D eigenvalue weighted by Crippen LogP contribution is -2.32. The van der Waals surface area contributed by atoms with Crippen LogP contribution in [-0.4, -0.2) is 35.8 Å². The molecule has 0 N–H and O–H groups in total. The second-order valence-corrected chi connectivity index (χ2v) is 10.4. The van der Waals surface area contributed by atoms with E-state index in [1.54, 1.807) is 36.4 Å². The normalized spacial score (nSPS) is 14.4. The van der Waals surface area contributed by atoms with Crippen LogP contribution in [-0.2, 0) is 11.4 Å². The number of nitrogens with zero attached hydrogens (tertiary/aromatic N) is 1. The van der Waals surface area contributed by atoms with Gasteiger partial charge in [0.25, 0.3) is 11.1 Å². The van der Waals surface area contributed by atoms with Crippen molar-refractivity contribution in [3.8, 4) is 17.2 Å². The van der Waals surface area contributed by atoms with Gasteiger partial charge in [-0.3, -0.25) is 14.5 Å². The predicted molar refractivity (Wildman–Crippen MR) is 152 cm³/mol. The zero-order chi connectivity index (χ0) is 27.9. The molecule has 6 nitrogen and oxygen atoms in total. The molecular formula is C31H32FNO5S. The van der Waals surface area contributed by atoms with E-state index in [1.165, 1.54) is 17.0 Å². The predicted octanol–water partition coefficient (Wildman–Crippen LogP) is 7.35. The zero-order valence-electron chi connectivity index (χ0n) is 22.5. The minimum Gasteiger partial charge on any atom is -0.491 e. The van der Waals surface area contributed by atoms with E-state index < -0.39 is 0 Å². The van der Waals surface area contributed by atoms with E-state index in [2.05, 4.69) is 13.8 Å². The van der Waals surface area contributed by atoms with Crippen LogP contribution in [0.25, 0.3) is 6.08 Å². The highest BCUT2D eigenvalue weighted by molar-refractivity contribution is 8.18. The van der Waals surface area contributed by atoms with Crippen LogP contribution >= 0.6 is 11.8 Å². The number of ether oxygens (including phenoxy) is 3. The third-order valence-corrected chi connectivity index (χ3v) is 7.02. The minimum absolute atomic E-state index is 0.161. The summed E-state index contributed by atoms with van der Waals surface area (Å²) in [6.45, 7) is 9.11. The number of carbonyl (C=O) groups is 2. The van der Waals surface area contributed by atoms with E-state index in [-0.39, 0.29) is 36.7 Å². The molecule has 0 radical (unpaired) electrons. The van der Waals surface area contributed by atoms with Gasteiger partial charge in [0, 0.05) is 0 Å². The topological polar surface area (TPSA) is 65.1 Å². The first-order valence-corrected chi connectivity index (χ1v) is 13.7. The first kappa shape index (κ1) is 28.2. The quantitative estimate of drug-likeness (QED) is 0.233. The van der Waals surface area contributed by atoms with Crippen molar-refractivity contribution in [1.82, 2.24) is 4.90 Å². The molecule has 0 aromatic heterocycles. The molecule has 0 saturated carbocycles. The van der Waals surface area contributed by atoms with Crippen LogP contribution in [0.15, 0.2) is 65.6 Å². The average Bonchev–Trinajstić information content (AvgIpc) is 3.16. The van der Waals surface area contributed by atoms with Crippen molar-refractivity contribution in [2.75, 3.05) is 19.8 Å². The highest BCUT2D eigenvalue weighted by Crippen LogP contribution is 2.35. The summed E-state index contributed by atoms with van der Waals surface area (Å²) in [5, 5.41) is -0.326. The van der Waals surface area contributed by atoms with Crippen LogP contribution in [0.1, 0.15) is 48.9 Å². The number of hydrogen-bond acceptors (Lipinski definition) is 6. The maximum atomic E-state index is 13.2. The summed E-state index contributed by atoms with van der Waals surface area (Å²) in [6.07, 6.45) is 1.68. The Kier molecular flexibility index (Phi) is 9.30. The molecule has 0 unspecified atom stereocenters. The van der Waals surface area contributed by atoms with E-state index >= 15 is 0 Å². The molecule has 1 saturated heterocycles. The fourth-order valence-electron chi connectivity index (χ4n) is 4.08. The lowest BCUT2D eigenvalue weighted by molar-refractivity contribution is -0.123. The molecule has 0 spiro atoms. The van der Waals surface area contributed by atoms with Crippen LogP contribution in [0.5, 0.6) is 17.2 Å². The van der Waals surface area contributed by atoms with Crippen molar-refractivity contribution in [3.05, 3.63) is 93.6 Å². The number of hydrogen-bond donors (Lipinski definition) is 0. The Balaban J connectivity index is 1.42. The molecule has 8 heteroatoms.